The van der Waals surface area contributed by atoms with Crippen molar-refractivity contribution in [2.45, 2.75) is 31.7 Å². The van der Waals surface area contributed by atoms with Gasteiger partial charge in [0.05, 0.1) is 0 Å². The van der Waals surface area contributed by atoms with Crippen LogP contribution in [0.1, 0.15) is 25.7 Å². The quantitative estimate of drug-likeness (QED) is 0.598. The van der Waals surface area contributed by atoms with E-state index in [0.717, 1.165) is 11.5 Å². The Hall–Kier alpha value is -0.0800. The maximum Gasteiger partial charge on any atom is 0.0165 e. The summed E-state index contributed by atoms with van der Waals surface area (Å²) in [6.07, 6.45) is 5.89. The molecular formula is C11H20N2. The SMILES string of the molecule is CN1CCC2(CCC2N2CCC2)C1. The molecule has 0 aromatic heterocycles. The average Bonchev–Trinajstić information content (AvgIpc) is 2.40. The van der Waals surface area contributed by atoms with Crippen molar-refractivity contribution in [1.82, 2.24) is 9.80 Å². The third kappa shape index (κ3) is 1.08. The van der Waals surface area contributed by atoms with Crippen LogP contribution in [0.5, 0.6) is 0 Å². The monoisotopic (exact) mass is 180 g/mol. The van der Waals surface area contributed by atoms with Gasteiger partial charge in [-0.25, -0.2) is 0 Å². The van der Waals surface area contributed by atoms with Crippen molar-refractivity contribution >= 4 is 0 Å². The van der Waals surface area contributed by atoms with Crippen molar-refractivity contribution in [2.75, 3.05) is 33.2 Å². The van der Waals surface area contributed by atoms with Crippen LogP contribution in [0.4, 0.5) is 0 Å². The highest BCUT2D eigenvalue weighted by Crippen LogP contribution is 2.51. The Balaban J connectivity index is 1.70. The maximum atomic E-state index is 2.72. The van der Waals surface area contributed by atoms with Gasteiger partial charge in [-0.2, -0.15) is 0 Å². The van der Waals surface area contributed by atoms with Gasteiger partial charge in [0.1, 0.15) is 0 Å². The largest absolute Gasteiger partial charge is 0.306 e. The first kappa shape index (κ1) is 8.25. The highest BCUT2D eigenvalue weighted by atomic mass is 15.2. The molecule has 1 saturated carbocycles. The highest BCUT2D eigenvalue weighted by molar-refractivity contribution is 5.07. The second kappa shape index (κ2) is 2.71. The topological polar surface area (TPSA) is 6.48 Å². The standard InChI is InChI=1S/C11H20N2/c1-12-8-5-11(9-12)4-3-10(11)13-6-2-7-13/h10H,2-9H2,1H3. The first-order chi connectivity index (χ1) is 6.30. The van der Waals surface area contributed by atoms with E-state index in [9.17, 15) is 0 Å². The molecule has 2 atom stereocenters. The third-order valence-electron chi connectivity index (χ3n) is 4.53. The minimum atomic E-state index is 0.731. The second-order valence-electron chi connectivity index (χ2n) is 5.29. The van der Waals surface area contributed by atoms with Crippen LogP contribution < -0.4 is 0 Å². The summed E-state index contributed by atoms with van der Waals surface area (Å²) in [5.41, 5.74) is 0.731. The summed E-state index contributed by atoms with van der Waals surface area (Å²) in [7, 11) is 2.28. The molecule has 2 saturated heterocycles. The highest BCUT2D eigenvalue weighted by Gasteiger charge is 2.52. The van der Waals surface area contributed by atoms with Gasteiger partial charge in [-0.05, 0) is 57.8 Å². The van der Waals surface area contributed by atoms with Crippen LogP contribution >= 0.6 is 0 Å². The van der Waals surface area contributed by atoms with E-state index in [1.54, 1.807) is 0 Å². The summed E-state index contributed by atoms with van der Waals surface area (Å²) in [6, 6.07) is 0.964. The van der Waals surface area contributed by atoms with Crippen molar-refractivity contribution in [3.8, 4) is 0 Å². The van der Waals surface area contributed by atoms with Crippen molar-refractivity contribution in [1.29, 1.82) is 0 Å². The molecule has 3 rings (SSSR count). The Kier molecular flexibility index (Phi) is 1.72. The average molecular weight is 180 g/mol. The summed E-state index contributed by atoms with van der Waals surface area (Å²) in [5, 5.41) is 0. The van der Waals surface area contributed by atoms with Crippen LogP contribution in [0.3, 0.4) is 0 Å². The van der Waals surface area contributed by atoms with Gasteiger partial charge >= 0.3 is 0 Å². The molecule has 2 unspecified atom stereocenters. The molecule has 0 radical (unpaired) electrons. The van der Waals surface area contributed by atoms with E-state index in [0.29, 0.717) is 0 Å². The van der Waals surface area contributed by atoms with E-state index in [2.05, 4.69) is 16.8 Å². The van der Waals surface area contributed by atoms with Crippen molar-refractivity contribution in [3.05, 3.63) is 0 Å². The van der Waals surface area contributed by atoms with E-state index in [1.165, 1.54) is 51.9 Å². The van der Waals surface area contributed by atoms with E-state index < -0.39 is 0 Å². The minimum absolute atomic E-state index is 0.731. The molecule has 1 aliphatic carbocycles. The van der Waals surface area contributed by atoms with Gasteiger partial charge in [-0.3, -0.25) is 4.90 Å². The molecule has 3 aliphatic rings. The first-order valence-electron chi connectivity index (χ1n) is 5.73. The predicted octanol–water partition coefficient (Wildman–Crippen LogP) is 1.18. The Morgan fingerprint density at radius 2 is 2.00 bits per heavy atom. The number of hydrogen-bond donors (Lipinski definition) is 0. The van der Waals surface area contributed by atoms with Gasteiger partial charge in [0.2, 0.25) is 0 Å². The molecule has 2 heteroatoms. The van der Waals surface area contributed by atoms with Crippen molar-refractivity contribution in [2.24, 2.45) is 5.41 Å². The van der Waals surface area contributed by atoms with Gasteiger partial charge in [0, 0.05) is 12.6 Å². The molecule has 3 fully saturated rings. The summed E-state index contributed by atoms with van der Waals surface area (Å²) in [4.78, 5) is 5.24. The van der Waals surface area contributed by atoms with Gasteiger partial charge in [-0.1, -0.05) is 0 Å². The fraction of sp³-hybridized carbons (Fsp3) is 1.00. The normalized spacial score (nSPS) is 46.4. The summed E-state index contributed by atoms with van der Waals surface area (Å²) in [6.45, 7) is 5.48. The number of nitrogens with zero attached hydrogens (tertiary/aromatic N) is 2. The van der Waals surface area contributed by atoms with Crippen LogP contribution in [0.2, 0.25) is 0 Å². The number of likely N-dealkylation sites (tertiary alicyclic amines) is 2. The van der Waals surface area contributed by atoms with Crippen LogP contribution in [0, 0.1) is 5.41 Å². The zero-order valence-electron chi connectivity index (χ0n) is 8.63. The number of rotatable bonds is 1. The fourth-order valence-electron chi connectivity index (χ4n) is 3.49. The van der Waals surface area contributed by atoms with Gasteiger partial charge < -0.3 is 4.90 Å². The Morgan fingerprint density at radius 1 is 1.15 bits per heavy atom. The van der Waals surface area contributed by atoms with Crippen LogP contribution in [0.25, 0.3) is 0 Å². The second-order valence-corrected chi connectivity index (χ2v) is 5.29. The molecule has 74 valence electrons. The predicted molar refractivity (Wildman–Crippen MR) is 53.8 cm³/mol. The lowest BCUT2D eigenvalue weighted by Gasteiger charge is -2.55. The lowest BCUT2D eigenvalue weighted by molar-refractivity contribution is -0.0483. The van der Waals surface area contributed by atoms with Crippen LogP contribution in [-0.4, -0.2) is 49.1 Å². The molecule has 13 heavy (non-hydrogen) atoms. The molecule has 2 heterocycles. The Labute approximate surface area is 80.9 Å². The van der Waals surface area contributed by atoms with Crippen LogP contribution in [-0.2, 0) is 0 Å². The molecule has 0 N–H and O–H groups in total. The summed E-state index contributed by atoms with van der Waals surface area (Å²) in [5.74, 6) is 0. The Morgan fingerprint density at radius 3 is 2.38 bits per heavy atom. The van der Waals surface area contributed by atoms with Crippen molar-refractivity contribution < 1.29 is 0 Å². The fourth-order valence-corrected chi connectivity index (χ4v) is 3.49. The molecule has 0 aromatic rings. The van der Waals surface area contributed by atoms with E-state index >= 15 is 0 Å². The molecule has 0 aromatic carbocycles. The lowest BCUT2D eigenvalue weighted by atomic mass is 9.62. The van der Waals surface area contributed by atoms with Crippen molar-refractivity contribution in [3.63, 3.8) is 0 Å². The summed E-state index contributed by atoms with van der Waals surface area (Å²) < 4.78 is 0. The molecule has 2 aliphatic heterocycles. The zero-order chi connectivity index (χ0) is 8.89. The third-order valence-corrected chi connectivity index (χ3v) is 4.53. The zero-order valence-corrected chi connectivity index (χ0v) is 8.63. The first-order valence-corrected chi connectivity index (χ1v) is 5.73. The molecular weight excluding hydrogens is 160 g/mol. The smallest absolute Gasteiger partial charge is 0.0165 e. The summed E-state index contributed by atoms with van der Waals surface area (Å²) >= 11 is 0. The van der Waals surface area contributed by atoms with Gasteiger partial charge in [0.25, 0.3) is 0 Å². The Bertz CT molecular complexity index is 212. The van der Waals surface area contributed by atoms with Crippen LogP contribution in [0.15, 0.2) is 0 Å². The molecule has 0 amide bonds. The lowest BCUT2D eigenvalue weighted by Crippen LogP contribution is -2.60. The van der Waals surface area contributed by atoms with E-state index in [1.807, 2.05) is 0 Å². The molecule has 1 spiro atoms. The molecule has 2 nitrogen and oxygen atoms in total. The minimum Gasteiger partial charge on any atom is -0.306 e. The van der Waals surface area contributed by atoms with Gasteiger partial charge in [0.15, 0.2) is 0 Å². The van der Waals surface area contributed by atoms with Gasteiger partial charge in [-0.15, -0.1) is 0 Å². The van der Waals surface area contributed by atoms with E-state index in [-0.39, 0.29) is 0 Å². The van der Waals surface area contributed by atoms with E-state index in [4.69, 9.17) is 0 Å². The molecule has 0 bridgehead atoms. The maximum absolute atomic E-state index is 2.72. The number of hydrogen-bond acceptors (Lipinski definition) is 2.